The van der Waals surface area contributed by atoms with Crippen molar-refractivity contribution >= 4 is 28.6 Å². The fourth-order valence-electron chi connectivity index (χ4n) is 3.59. The number of anilines is 2. The molecule has 1 aliphatic heterocycles. The highest BCUT2D eigenvalue weighted by Crippen LogP contribution is 2.32. The minimum Gasteiger partial charge on any atom is -0.487 e. The fourth-order valence-corrected chi connectivity index (χ4v) is 3.59. The first-order valence-corrected chi connectivity index (χ1v) is 11.3. The molecule has 194 valence electrons. The van der Waals surface area contributed by atoms with Crippen LogP contribution in [0.3, 0.4) is 0 Å². The van der Waals surface area contributed by atoms with Gasteiger partial charge >= 0.3 is 12.1 Å². The Kier molecular flexibility index (Phi) is 7.51. The lowest BCUT2D eigenvalue weighted by Gasteiger charge is -2.33. The van der Waals surface area contributed by atoms with Crippen molar-refractivity contribution in [2.24, 2.45) is 0 Å². The van der Waals surface area contributed by atoms with Crippen molar-refractivity contribution < 1.29 is 32.2 Å². The van der Waals surface area contributed by atoms with Crippen molar-refractivity contribution in [1.29, 1.82) is 5.26 Å². The van der Waals surface area contributed by atoms with E-state index in [4.69, 9.17) is 29.9 Å². The summed E-state index contributed by atoms with van der Waals surface area (Å²) in [5.74, 6) is -1.49. The van der Waals surface area contributed by atoms with Gasteiger partial charge in [-0.05, 0) is 31.0 Å². The average Bonchev–Trinajstić information content (AvgIpc) is 3.69. The van der Waals surface area contributed by atoms with Crippen LogP contribution in [0.15, 0.2) is 30.6 Å². The van der Waals surface area contributed by atoms with Crippen LogP contribution in [-0.2, 0) is 4.79 Å². The molecule has 14 heteroatoms. The Morgan fingerprint density at radius 3 is 2.27 bits per heavy atom. The Hall–Kier alpha value is -4.28. The number of carboxylic acid groups (broad SMARTS) is 1. The Labute approximate surface area is 207 Å². The number of benzene rings is 1. The largest absolute Gasteiger partial charge is 0.490 e. The molecule has 1 saturated heterocycles. The predicted octanol–water partition coefficient (Wildman–Crippen LogP) is 3.69. The third-order valence-corrected chi connectivity index (χ3v) is 5.62. The molecule has 3 aromatic rings. The smallest absolute Gasteiger partial charge is 0.487 e. The molecule has 0 spiro atoms. The van der Waals surface area contributed by atoms with E-state index in [-0.39, 0.29) is 17.4 Å². The van der Waals surface area contributed by atoms with Gasteiger partial charge < -0.3 is 20.1 Å². The molecule has 0 atom stereocenters. The van der Waals surface area contributed by atoms with E-state index in [0.29, 0.717) is 17.1 Å². The zero-order valence-electron chi connectivity index (χ0n) is 19.2. The number of aliphatic carboxylic acids is 1. The molecule has 0 radical (unpaired) electrons. The molecule has 2 aromatic heterocycles. The minimum atomic E-state index is -5.08. The number of hydrogen-bond acceptors (Lipinski definition) is 9. The summed E-state index contributed by atoms with van der Waals surface area (Å²) in [6.45, 7) is 1.45. The highest BCUT2D eigenvalue weighted by atomic mass is 19.4. The number of alkyl halides is 3. The Morgan fingerprint density at radius 2 is 1.73 bits per heavy atom. The summed E-state index contributed by atoms with van der Waals surface area (Å²) in [6, 6.07) is 6.67. The molecule has 1 saturated carbocycles. The average molecular weight is 519 g/mol. The van der Waals surface area contributed by atoms with Crippen molar-refractivity contribution in [3.63, 3.8) is 0 Å². The van der Waals surface area contributed by atoms with Gasteiger partial charge in [-0.15, -0.1) is 0 Å². The van der Waals surface area contributed by atoms with Crippen LogP contribution in [0.4, 0.5) is 29.2 Å². The Morgan fingerprint density at radius 1 is 1.11 bits per heavy atom. The van der Waals surface area contributed by atoms with Gasteiger partial charge in [0.15, 0.2) is 23.2 Å². The number of ether oxygens (including phenoxy) is 1. The molecule has 2 N–H and O–H groups in total. The number of fused-ring (bicyclic) bond motifs is 1. The summed E-state index contributed by atoms with van der Waals surface area (Å²) in [7, 11) is 0. The van der Waals surface area contributed by atoms with Gasteiger partial charge in [0.05, 0.1) is 24.0 Å². The molecular formula is C23H21F4N7O3. The number of hydrogen-bond donors (Lipinski definition) is 2. The third-order valence-electron chi connectivity index (χ3n) is 5.62. The van der Waals surface area contributed by atoms with Crippen molar-refractivity contribution in [3.8, 4) is 11.8 Å². The number of carbonyl (C=O) groups is 1. The van der Waals surface area contributed by atoms with Crippen molar-refractivity contribution in [2.45, 2.75) is 44.0 Å². The Balaban J connectivity index is 0.000000405. The number of nitrogens with zero attached hydrogens (tertiary/aromatic N) is 6. The predicted molar refractivity (Wildman–Crippen MR) is 122 cm³/mol. The Bertz CT molecular complexity index is 1320. The first kappa shape index (κ1) is 25.8. The van der Waals surface area contributed by atoms with Gasteiger partial charge in [0.1, 0.15) is 17.1 Å². The fraction of sp³-hybridized carbons (Fsp3) is 0.391. The van der Waals surface area contributed by atoms with Gasteiger partial charge in [0.2, 0.25) is 0 Å². The SMILES string of the molecule is N#Cc1ccc(OC2CCN(c3nc4cnncc4nc3NC3CC3)CC2)c(F)c1.O=C(O)C(F)(F)F. The van der Waals surface area contributed by atoms with Crippen LogP contribution in [0.25, 0.3) is 11.0 Å². The van der Waals surface area contributed by atoms with Crippen LogP contribution >= 0.6 is 0 Å². The van der Waals surface area contributed by atoms with E-state index in [9.17, 15) is 17.6 Å². The van der Waals surface area contributed by atoms with Crippen LogP contribution in [-0.4, -0.2) is 62.7 Å². The van der Waals surface area contributed by atoms with E-state index in [1.807, 2.05) is 6.07 Å². The maximum atomic E-state index is 14.1. The molecule has 3 heterocycles. The molecule has 1 aliphatic carbocycles. The van der Waals surface area contributed by atoms with Gasteiger partial charge in [-0.2, -0.15) is 28.6 Å². The molecule has 10 nitrogen and oxygen atoms in total. The lowest BCUT2D eigenvalue weighted by atomic mass is 10.1. The zero-order valence-corrected chi connectivity index (χ0v) is 19.2. The quantitative estimate of drug-likeness (QED) is 0.480. The summed E-state index contributed by atoms with van der Waals surface area (Å²) >= 11 is 0. The van der Waals surface area contributed by atoms with Crippen LogP contribution < -0.4 is 15.0 Å². The summed E-state index contributed by atoms with van der Waals surface area (Å²) in [5, 5.41) is 27.3. The maximum absolute atomic E-state index is 14.1. The van der Waals surface area contributed by atoms with Gasteiger partial charge in [-0.3, -0.25) is 0 Å². The normalized spacial score (nSPS) is 15.9. The molecule has 37 heavy (non-hydrogen) atoms. The zero-order chi connectivity index (χ0) is 26.6. The number of halogens is 4. The minimum absolute atomic E-state index is 0.0946. The number of carboxylic acids is 1. The van der Waals surface area contributed by atoms with Gasteiger partial charge in [-0.1, -0.05) is 0 Å². The number of rotatable bonds is 5. The van der Waals surface area contributed by atoms with Crippen molar-refractivity contribution in [3.05, 3.63) is 42.0 Å². The van der Waals surface area contributed by atoms with E-state index < -0.39 is 18.0 Å². The third kappa shape index (κ3) is 6.69. The van der Waals surface area contributed by atoms with Crippen molar-refractivity contribution in [1.82, 2.24) is 20.2 Å². The lowest BCUT2D eigenvalue weighted by molar-refractivity contribution is -0.192. The molecule has 0 unspecified atom stereocenters. The van der Waals surface area contributed by atoms with E-state index >= 15 is 0 Å². The molecular weight excluding hydrogens is 498 g/mol. The standard InChI is InChI=1S/C21H20FN7O.C2HF3O2/c22-16-9-13(10-23)1-4-19(16)30-15-5-7-29(8-6-15)21-20(26-14-2-3-14)27-17-11-24-25-12-18(17)28-21;3-2(4,5)1(6)7/h1,4,9,11-12,14-15H,2-3,5-8H2,(H,26,27);(H,6,7). The van der Waals surface area contributed by atoms with Crippen LogP contribution in [0.2, 0.25) is 0 Å². The second-order valence-corrected chi connectivity index (χ2v) is 8.44. The monoisotopic (exact) mass is 519 g/mol. The van der Waals surface area contributed by atoms with E-state index in [1.165, 1.54) is 12.1 Å². The summed E-state index contributed by atoms with van der Waals surface area (Å²) in [4.78, 5) is 20.6. The van der Waals surface area contributed by atoms with Crippen LogP contribution in [0, 0.1) is 17.1 Å². The molecule has 2 fully saturated rings. The molecule has 0 bridgehead atoms. The van der Waals surface area contributed by atoms with Crippen molar-refractivity contribution in [2.75, 3.05) is 23.3 Å². The highest BCUT2D eigenvalue weighted by Gasteiger charge is 2.38. The molecule has 5 rings (SSSR count). The summed E-state index contributed by atoms with van der Waals surface area (Å²) < 4.78 is 51.7. The first-order chi connectivity index (χ1) is 17.6. The van der Waals surface area contributed by atoms with Gasteiger partial charge in [-0.25, -0.2) is 19.2 Å². The van der Waals surface area contributed by atoms with E-state index in [2.05, 4.69) is 20.4 Å². The molecule has 1 aromatic carbocycles. The molecule has 2 aliphatic rings. The molecule has 0 amide bonds. The first-order valence-electron chi connectivity index (χ1n) is 11.3. The number of nitriles is 1. The second kappa shape index (κ2) is 10.8. The summed E-state index contributed by atoms with van der Waals surface area (Å²) in [5.41, 5.74) is 1.70. The number of aromatic nitrogens is 4. The number of piperidine rings is 1. The highest BCUT2D eigenvalue weighted by molar-refractivity contribution is 5.79. The maximum Gasteiger partial charge on any atom is 0.490 e. The second-order valence-electron chi connectivity index (χ2n) is 8.44. The topological polar surface area (TPSA) is 137 Å². The van der Waals surface area contributed by atoms with Gasteiger partial charge in [0.25, 0.3) is 0 Å². The summed E-state index contributed by atoms with van der Waals surface area (Å²) in [6.07, 6.45) is 1.81. The van der Waals surface area contributed by atoms with Crippen LogP contribution in [0.1, 0.15) is 31.2 Å². The van der Waals surface area contributed by atoms with E-state index in [1.54, 1.807) is 18.5 Å². The number of nitrogens with one attached hydrogen (secondary N) is 1. The van der Waals surface area contributed by atoms with Gasteiger partial charge in [0, 0.05) is 32.0 Å². The lowest BCUT2D eigenvalue weighted by Crippen LogP contribution is -2.39. The van der Waals surface area contributed by atoms with E-state index in [0.717, 1.165) is 50.4 Å². The van der Waals surface area contributed by atoms with Crippen LogP contribution in [0.5, 0.6) is 5.75 Å².